The van der Waals surface area contributed by atoms with Crippen LogP contribution in [0, 0.1) is 0 Å². The van der Waals surface area contributed by atoms with Crippen LogP contribution in [0.4, 0.5) is 0 Å². The van der Waals surface area contributed by atoms with E-state index in [1.54, 1.807) is 0 Å². The molecule has 0 amide bonds. The van der Waals surface area contributed by atoms with Gasteiger partial charge in [0.1, 0.15) is 12.4 Å². The van der Waals surface area contributed by atoms with E-state index in [0.717, 1.165) is 21.9 Å². The van der Waals surface area contributed by atoms with Gasteiger partial charge < -0.3 is 4.74 Å². The second-order valence-electron chi connectivity index (χ2n) is 3.62. The summed E-state index contributed by atoms with van der Waals surface area (Å²) in [5.41, 5.74) is 1.96. The van der Waals surface area contributed by atoms with E-state index in [4.69, 9.17) is 27.9 Å². The summed E-state index contributed by atoms with van der Waals surface area (Å²) in [7, 11) is 0. The van der Waals surface area contributed by atoms with E-state index in [1.807, 2.05) is 48.5 Å². The van der Waals surface area contributed by atoms with Crippen molar-refractivity contribution in [2.45, 2.75) is 12.5 Å². The molecule has 2 aromatic rings. The van der Waals surface area contributed by atoms with Crippen molar-refractivity contribution in [3.8, 4) is 5.75 Å². The molecule has 88 valence electrons. The predicted molar refractivity (Wildman–Crippen MR) is 71.8 cm³/mol. The number of hydrogen-bond donors (Lipinski definition) is 0. The summed E-state index contributed by atoms with van der Waals surface area (Å²) < 4.78 is 5.73. The normalized spacial score (nSPS) is 10.2. The van der Waals surface area contributed by atoms with Gasteiger partial charge in [0, 0.05) is 16.1 Å². The van der Waals surface area contributed by atoms with E-state index in [2.05, 4.69) is 0 Å². The molecule has 0 heterocycles. The molecule has 0 atom stereocenters. The van der Waals surface area contributed by atoms with Crippen molar-refractivity contribution >= 4 is 23.2 Å². The molecule has 0 N–H and O–H groups in total. The maximum absolute atomic E-state index is 6.06. The first kappa shape index (κ1) is 12.3. The van der Waals surface area contributed by atoms with Crippen LogP contribution in [-0.4, -0.2) is 0 Å². The van der Waals surface area contributed by atoms with Gasteiger partial charge in [-0.3, -0.25) is 0 Å². The molecule has 0 aliphatic carbocycles. The Morgan fingerprint density at radius 1 is 0.882 bits per heavy atom. The van der Waals surface area contributed by atoms with Crippen LogP contribution in [-0.2, 0) is 12.5 Å². The van der Waals surface area contributed by atoms with Gasteiger partial charge in [-0.2, -0.15) is 0 Å². The van der Waals surface area contributed by atoms with Crippen LogP contribution in [0.3, 0.4) is 0 Å². The first-order valence-corrected chi connectivity index (χ1v) is 6.22. The number of ether oxygens (including phenoxy) is 1. The Morgan fingerprint density at radius 2 is 1.53 bits per heavy atom. The smallest absolute Gasteiger partial charge is 0.124 e. The summed E-state index contributed by atoms with van der Waals surface area (Å²) in [6, 6.07) is 15.4. The molecule has 1 nitrogen and oxygen atoms in total. The molecule has 0 unspecified atom stereocenters. The van der Waals surface area contributed by atoms with Gasteiger partial charge in [0.15, 0.2) is 0 Å². The Kier molecular flexibility index (Phi) is 4.29. The van der Waals surface area contributed by atoms with Crippen LogP contribution < -0.4 is 4.74 Å². The number of rotatable bonds is 4. The van der Waals surface area contributed by atoms with Crippen LogP contribution >= 0.6 is 23.2 Å². The Morgan fingerprint density at radius 3 is 2.24 bits per heavy atom. The van der Waals surface area contributed by atoms with Crippen molar-refractivity contribution in [1.29, 1.82) is 0 Å². The number of alkyl halides is 1. The highest BCUT2D eigenvalue weighted by molar-refractivity contribution is 6.31. The molecule has 0 fully saturated rings. The minimum absolute atomic E-state index is 0.443. The molecule has 0 aliphatic heterocycles. The summed E-state index contributed by atoms with van der Waals surface area (Å²) >= 11 is 11.9. The molecule has 2 rings (SSSR count). The molecule has 0 aliphatic rings. The van der Waals surface area contributed by atoms with Crippen molar-refractivity contribution in [1.82, 2.24) is 0 Å². The molecule has 0 aromatic heterocycles. The van der Waals surface area contributed by atoms with Crippen molar-refractivity contribution in [3.63, 3.8) is 0 Å². The third kappa shape index (κ3) is 3.15. The van der Waals surface area contributed by atoms with Crippen molar-refractivity contribution in [2.24, 2.45) is 0 Å². The van der Waals surface area contributed by atoms with Gasteiger partial charge in [0.05, 0.1) is 5.88 Å². The monoisotopic (exact) mass is 266 g/mol. The second kappa shape index (κ2) is 5.95. The average Bonchev–Trinajstić information content (AvgIpc) is 2.38. The van der Waals surface area contributed by atoms with E-state index in [-0.39, 0.29) is 0 Å². The summed E-state index contributed by atoms with van der Waals surface area (Å²) in [6.45, 7) is 0.452. The van der Waals surface area contributed by atoms with E-state index >= 15 is 0 Å². The average molecular weight is 267 g/mol. The van der Waals surface area contributed by atoms with Crippen molar-refractivity contribution in [2.75, 3.05) is 0 Å². The SMILES string of the molecule is ClCc1ccccc1OCc1ccccc1Cl. The molecule has 0 spiro atoms. The zero-order valence-electron chi connectivity index (χ0n) is 9.20. The van der Waals surface area contributed by atoms with Crippen LogP contribution in [0.5, 0.6) is 5.75 Å². The van der Waals surface area contributed by atoms with Gasteiger partial charge in [-0.1, -0.05) is 48.0 Å². The van der Waals surface area contributed by atoms with Crippen molar-refractivity contribution in [3.05, 3.63) is 64.7 Å². The third-order valence-electron chi connectivity index (χ3n) is 2.46. The topological polar surface area (TPSA) is 9.23 Å². The number of halogens is 2. The lowest BCUT2D eigenvalue weighted by atomic mass is 10.2. The Balaban J connectivity index is 2.10. The van der Waals surface area contributed by atoms with Gasteiger partial charge in [-0.05, 0) is 12.1 Å². The lowest BCUT2D eigenvalue weighted by Gasteiger charge is -2.10. The highest BCUT2D eigenvalue weighted by atomic mass is 35.5. The summed E-state index contributed by atoms with van der Waals surface area (Å²) in [5.74, 6) is 1.25. The Labute approximate surface area is 111 Å². The summed E-state index contributed by atoms with van der Waals surface area (Å²) in [4.78, 5) is 0. The fourth-order valence-electron chi connectivity index (χ4n) is 1.53. The van der Waals surface area contributed by atoms with Crippen molar-refractivity contribution < 1.29 is 4.74 Å². The zero-order valence-corrected chi connectivity index (χ0v) is 10.7. The van der Waals surface area contributed by atoms with Crippen LogP contribution in [0.15, 0.2) is 48.5 Å². The van der Waals surface area contributed by atoms with Gasteiger partial charge in [-0.25, -0.2) is 0 Å². The molecule has 3 heteroatoms. The van der Waals surface area contributed by atoms with Gasteiger partial charge in [-0.15, -0.1) is 11.6 Å². The lowest BCUT2D eigenvalue weighted by Crippen LogP contribution is -1.98. The summed E-state index contributed by atoms with van der Waals surface area (Å²) in [6.07, 6.45) is 0. The van der Waals surface area contributed by atoms with E-state index < -0.39 is 0 Å². The van der Waals surface area contributed by atoms with E-state index in [9.17, 15) is 0 Å². The van der Waals surface area contributed by atoms with E-state index in [1.165, 1.54) is 0 Å². The molecule has 2 aromatic carbocycles. The lowest BCUT2D eigenvalue weighted by molar-refractivity contribution is 0.304. The van der Waals surface area contributed by atoms with Gasteiger partial charge >= 0.3 is 0 Å². The molecular formula is C14H12Cl2O. The van der Waals surface area contributed by atoms with E-state index in [0.29, 0.717) is 12.5 Å². The maximum atomic E-state index is 6.06. The highest BCUT2D eigenvalue weighted by Gasteiger charge is 2.03. The minimum atomic E-state index is 0.443. The quantitative estimate of drug-likeness (QED) is 0.732. The fraction of sp³-hybridized carbons (Fsp3) is 0.143. The third-order valence-corrected chi connectivity index (χ3v) is 3.11. The number of hydrogen-bond acceptors (Lipinski definition) is 1. The molecule has 0 bridgehead atoms. The zero-order chi connectivity index (χ0) is 12.1. The van der Waals surface area contributed by atoms with Crippen LogP contribution in [0.1, 0.15) is 11.1 Å². The van der Waals surface area contributed by atoms with Gasteiger partial charge in [0.2, 0.25) is 0 Å². The first-order valence-electron chi connectivity index (χ1n) is 5.31. The van der Waals surface area contributed by atoms with Crippen LogP contribution in [0.25, 0.3) is 0 Å². The largest absolute Gasteiger partial charge is 0.489 e. The molecule has 0 saturated heterocycles. The minimum Gasteiger partial charge on any atom is -0.489 e. The first-order chi connectivity index (χ1) is 8.31. The molecular weight excluding hydrogens is 255 g/mol. The van der Waals surface area contributed by atoms with Gasteiger partial charge in [0.25, 0.3) is 0 Å². The second-order valence-corrected chi connectivity index (χ2v) is 4.30. The number of benzene rings is 2. The Bertz CT molecular complexity index is 497. The predicted octanol–water partition coefficient (Wildman–Crippen LogP) is 4.66. The summed E-state index contributed by atoms with van der Waals surface area (Å²) in [5, 5.41) is 0.718. The number of para-hydroxylation sites is 1. The Hall–Kier alpha value is -1.18. The molecule has 0 saturated carbocycles. The standard InChI is InChI=1S/C14H12Cl2O/c15-9-11-5-2-4-8-14(11)17-10-12-6-1-3-7-13(12)16/h1-8H,9-10H2. The maximum Gasteiger partial charge on any atom is 0.124 e. The highest BCUT2D eigenvalue weighted by Crippen LogP contribution is 2.22. The molecule has 17 heavy (non-hydrogen) atoms. The van der Waals surface area contributed by atoms with Crippen LogP contribution in [0.2, 0.25) is 5.02 Å². The molecule has 0 radical (unpaired) electrons. The fourth-order valence-corrected chi connectivity index (χ4v) is 1.94.